The molecule has 1 spiro atoms. The molecule has 1 saturated heterocycles. The van der Waals surface area contributed by atoms with E-state index in [2.05, 4.69) is 25.1 Å². The molecule has 3 rings (SSSR count). The second-order valence-electron chi connectivity index (χ2n) is 6.20. The minimum Gasteiger partial charge on any atom is -0.343 e. The van der Waals surface area contributed by atoms with Gasteiger partial charge in [-0.05, 0) is 29.9 Å². The molecule has 0 aromatic heterocycles. The number of hydrogen-bond donors (Lipinski definition) is 0. The predicted octanol–water partition coefficient (Wildman–Crippen LogP) is 2.64. The molecule has 1 aromatic carbocycles. The van der Waals surface area contributed by atoms with Crippen molar-refractivity contribution in [3.63, 3.8) is 0 Å². The minimum absolute atomic E-state index is 0.116. The van der Waals surface area contributed by atoms with Crippen molar-refractivity contribution in [3.05, 3.63) is 35.4 Å². The van der Waals surface area contributed by atoms with Crippen molar-refractivity contribution in [2.75, 3.05) is 13.1 Å². The van der Waals surface area contributed by atoms with Crippen molar-refractivity contribution in [1.29, 1.82) is 0 Å². The SMILES string of the molecule is CC(=O)N1CCC2(CC1)C(=O)CC(C)c1ccccc12. The van der Waals surface area contributed by atoms with Crippen LogP contribution in [0.5, 0.6) is 0 Å². The Hall–Kier alpha value is -1.64. The van der Waals surface area contributed by atoms with Crippen molar-refractivity contribution < 1.29 is 9.59 Å². The minimum atomic E-state index is -0.338. The van der Waals surface area contributed by atoms with Crippen molar-refractivity contribution in [1.82, 2.24) is 4.90 Å². The highest BCUT2D eigenvalue weighted by Gasteiger charge is 2.47. The van der Waals surface area contributed by atoms with E-state index in [0.717, 1.165) is 12.8 Å². The molecule has 1 heterocycles. The summed E-state index contributed by atoms with van der Waals surface area (Å²) in [6.45, 7) is 5.14. The number of ketones is 1. The molecule has 0 bridgehead atoms. The van der Waals surface area contributed by atoms with Crippen LogP contribution in [-0.4, -0.2) is 29.7 Å². The van der Waals surface area contributed by atoms with Gasteiger partial charge in [0.15, 0.2) is 0 Å². The molecule has 106 valence electrons. The molecule has 1 aliphatic carbocycles. The molecular weight excluding hydrogens is 250 g/mol. The lowest BCUT2D eigenvalue weighted by atomic mass is 9.62. The van der Waals surface area contributed by atoms with Crippen LogP contribution >= 0.6 is 0 Å². The highest BCUT2D eigenvalue weighted by molar-refractivity contribution is 5.93. The van der Waals surface area contributed by atoms with Gasteiger partial charge in [-0.3, -0.25) is 9.59 Å². The molecule has 0 N–H and O–H groups in total. The summed E-state index contributed by atoms with van der Waals surface area (Å²) in [6, 6.07) is 8.37. The van der Waals surface area contributed by atoms with Crippen LogP contribution in [0.2, 0.25) is 0 Å². The van der Waals surface area contributed by atoms with Gasteiger partial charge in [-0.15, -0.1) is 0 Å². The molecule has 20 heavy (non-hydrogen) atoms. The summed E-state index contributed by atoms with van der Waals surface area (Å²) in [5, 5.41) is 0. The zero-order chi connectivity index (χ0) is 14.3. The smallest absolute Gasteiger partial charge is 0.219 e. The third-order valence-electron chi connectivity index (χ3n) is 5.09. The fourth-order valence-electron chi connectivity index (χ4n) is 3.85. The number of carbonyl (C=O) groups excluding carboxylic acids is 2. The number of nitrogens with zero attached hydrogens (tertiary/aromatic N) is 1. The summed E-state index contributed by atoms with van der Waals surface area (Å²) in [5.41, 5.74) is 2.20. The quantitative estimate of drug-likeness (QED) is 0.727. The summed E-state index contributed by atoms with van der Waals surface area (Å²) in [7, 11) is 0. The standard InChI is InChI=1S/C17H21NO2/c1-12-11-16(20)17(15-6-4-3-5-14(12)15)7-9-18(10-8-17)13(2)19/h3-6,12H,7-11H2,1-2H3. The van der Waals surface area contributed by atoms with Crippen LogP contribution in [0.3, 0.4) is 0 Å². The maximum atomic E-state index is 12.7. The number of piperidine rings is 1. The molecule has 3 heteroatoms. The van der Waals surface area contributed by atoms with E-state index < -0.39 is 0 Å². The van der Waals surface area contributed by atoms with Crippen LogP contribution < -0.4 is 0 Å². The first kappa shape index (κ1) is 13.3. The van der Waals surface area contributed by atoms with E-state index in [1.807, 2.05) is 11.0 Å². The number of rotatable bonds is 0. The molecule has 2 aliphatic rings. The first-order valence-corrected chi connectivity index (χ1v) is 7.43. The van der Waals surface area contributed by atoms with Gasteiger partial charge in [0.05, 0.1) is 5.41 Å². The molecule has 1 aromatic rings. The van der Waals surface area contributed by atoms with Gasteiger partial charge in [-0.25, -0.2) is 0 Å². The Morgan fingerprint density at radius 2 is 1.90 bits per heavy atom. The van der Waals surface area contributed by atoms with Gasteiger partial charge in [0.1, 0.15) is 5.78 Å². The normalized spacial score (nSPS) is 24.6. The van der Waals surface area contributed by atoms with E-state index in [1.54, 1.807) is 6.92 Å². The van der Waals surface area contributed by atoms with E-state index in [-0.39, 0.29) is 11.3 Å². The highest BCUT2D eigenvalue weighted by Crippen LogP contribution is 2.46. The fourth-order valence-corrected chi connectivity index (χ4v) is 3.85. The van der Waals surface area contributed by atoms with Gasteiger partial charge < -0.3 is 4.90 Å². The first-order valence-electron chi connectivity index (χ1n) is 7.43. The molecule has 1 amide bonds. The number of carbonyl (C=O) groups is 2. The van der Waals surface area contributed by atoms with Crippen LogP contribution in [0.4, 0.5) is 0 Å². The molecule has 1 aliphatic heterocycles. The molecule has 3 nitrogen and oxygen atoms in total. The van der Waals surface area contributed by atoms with Crippen LogP contribution in [0, 0.1) is 0 Å². The average molecular weight is 271 g/mol. The predicted molar refractivity (Wildman–Crippen MR) is 77.6 cm³/mol. The monoisotopic (exact) mass is 271 g/mol. The van der Waals surface area contributed by atoms with E-state index in [0.29, 0.717) is 31.2 Å². The van der Waals surface area contributed by atoms with E-state index >= 15 is 0 Å². The third kappa shape index (κ3) is 1.88. The Balaban J connectivity index is 1.99. The molecular formula is C17H21NO2. The molecule has 0 saturated carbocycles. The first-order chi connectivity index (χ1) is 9.54. The van der Waals surface area contributed by atoms with Crippen molar-refractivity contribution in [2.45, 2.75) is 44.4 Å². The third-order valence-corrected chi connectivity index (χ3v) is 5.09. The second-order valence-corrected chi connectivity index (χ2v) is 6.20. The van der Waals surface area contributed by atoms with Gasteiger partial charge in [0.2, 0.25) is 5.91 Å². The summed E-state index contributed by atoms with van der Waals surface area (Å²) < 4.78 is 0. The maximum Gasteiger partial charge on any atom is 0.219 e. The molecule has 1 atom stereocenters. The zero-order valence-corrected chi connectivity index (χ0v) is 12.2. The van der Waals surface area contributed by atoms with Crippen LogP contribution in [-0.2, 0) is 15.0 Å². The topological polar surface area (TPSA) is 37.4 Å². The van der Waals surface area contributed by atoms with Gasteiger partial charge in [0.25, 0.3) is 0 Å². The Bertz CT molecular complexity index is 556. The van der Waals surface area contributed by atoms with Gasteiger partial charge >= 0.3 is 0 Å². The lowest BCUT2D eigenvalue weighted by molar-refractivity contribution is -0.135. The molecule has 1 fully saturated rings. The van der Waals surface area contributed by atoms with Crippen LogP contribution in [0.25, 0.3) is 0 Å². The van der Waals surface area contributed by atoms with Crippen LogP contribution in [0.1, 0.15) is 50.2 Å². The fraction of sp³-hybridized carbons (Fsp3) is 0.529. The van der Waals surface area contributed by atoms with Gasteiger partial charge in [-0.1, -0.05) is 31.2 Å². The number of likely N-dealkylation sites (tertiary alicyclic amines) is 1. The zero-order valence-electron chi connectivity index (χ0n) is 12.2. The van der Waals surface area contributed by atoms with Gasteiger partial charge in [-0.2, -0.15) is 0 Å². The molecule has 0 radical (unpaired) electrons. The van der Waals surface area contributed by atoms with Gasteiger partial charge in [0, 0.05) is 26.4 Å². The lowest BCUT2D eigenvalue weighted by Gasteiger charge is -2.45. The van der Waals surface area contributed by atoms with E-state index in [1.165, 1.54) is 11.1 Å². The van der Waals surface area contributed by atoms with E-state index in [9.17, 15) is 9.59 Å². The number of fused-ring (bicyclic) bond motifs is 2. The van der Waals surface area contributed by atoms with Crippen molar-refractivity contribution in [2.24, 2.45) is 0 Å². The summed E-state index contributed by atoms with van der Waals surface area (Å²) in [5.74, 6) is 0.798. The van der Waals surface area contributed by atoms with E-state index in [4.69, 9.17) is 0 Å². The summed E-state index contributed by atoms with van der Waals surface area (Å²) in [6.07, 6.45) is 2.18. The summed E-state index contributed by atoms with van der Waals surface area (Å²) in [4.78, 5) is 26.1. The molecule has 1 unspecified atom stereocenters. The number of benzene rings is 1. The van der Waals surface area contributed by atoms with Crippen molar-refractivity contribution in [3.8, 4) is 0 Å². The largest absolute Gasteiger partial charge is 0.343 e. The van der Waals surface area contributed by atoms with Crippen LogP contribution in [0.15, 0.2) is 24.3 Å². The number of Topliss-reactive ketones (excluding diaryl/α,β-unsaturated/α-hetero) is 1. The summed E-state index contributed by atoms with van der Waals surface area (Å²) >= 11 is 0. The second kappa shape index (κ2) is 4.72. The Kier molecular flexibility index (Phi) is 3.15. The lowest BCUT2D eigenvalue weighted by Crippen LogP contribution is -2.50. The van der Waals surface area contributed by atoms with Crippen molar-refractivity contribution >= 4 is 11.7 Å². The Morgan fingerprint density at radius 3 is 2.55 bits per heavy atom. The Morgan fingerprint density at radius 1 is 1.25 bits per heavy atom. The number of hydrogen-bond acceptors (Lipinski definition) is 2. The number of amides is 1. The maximum absolute atomic E-state index is 12.7. The highest BCUT2D eigenvalue weighted by atomic mass is 16.2. The Labute approximate surface area is 120 Å². The average Bonchev–Trinajstić information content (AvgIpc) is 2.46.